The molecule has 0 heterocycles. The molecule has 0 fully saturated rings. The van der Waals surface area contributed by atoms with Crippen LogP contribution in [0.2, 0.25) is 0 Å². The molecular weight excluding hydrogens is 314 g/mol. The zero-order chi connectivity index (χ0) is 16.9. The van der Waals surface area contributed by atoms with Gasteiger partial charge in [0.05, 0.1) is 11.8 Å². The Morgan fingerprint density at radius 3 is 2.14 bits per heavy atom. The maximum atomic E-state index is 12.7. The molecule has 0 unspecified atom stereocenters. The average Bonchev–Trinajstić information content (AvgIpc) is 2.34. The highest BCUT2D eigenvalue weighted by molar-refractivity contribution is 7.86. The van der Waals surface area contributed by atoms with Crippen LogP contribution in [0.5, 0.6) is 0 Å². The van der Waals surface area contributed by atoms with Crippen molar-refractivity contribution in [3.05, 3.63) is 0 Å². The number of hydrogen-bond acceptors (Lipinski definition) is 7. The van der Waals surface area contributed by atoms with E-state index in [1.165, 1.54) is 0 Å². The summed E-state index contributed by atoms with van der Waals surface area (Å²) in [5.74, 6) is -1.77. The lowest BCUT2D eigenvalue weighted by Gasteiger charge is -2.20. The van der Waals surface area contributed by atoms with Crippen molar-refractivity contribution in [3.8, 4) is 0 Å². The normalized spacial score (nSPS) is 12.9. The average molecular weight is 331 g/mol. The van der Waals surface area contributed by atoms with Crippen molar-refractivity contribution in [1.29, 1.82) is 0 Å². The number of halogens is 2. The molecular formula is C11H17F2O7S-. The summed E-state index contributed by atoms with van der Waals surface area (Å²) in [6, 6.07) is 0. The second-order valence-electron chi connectivity index (χ2n) is 4.88. The van der Waals surface area contributed by atoms with E-state index in [1.54, 1.807) is 20.8 Å². The molecule has 0 atom stereocenters. The predicted octanol–water partition coefficient (Wildman–Crippen LogP) is 1.04. The van der Waals surface area contributed by atoms with Gasteiger partial charge in [-0.25, -0.2) is 8.42 Å². The minimum absolute atomic E-state index is 0.392. The second-order valence-corrected chi connectivity index (χ2v) is 6.38. The first-order valence-corrected chi connectivity index (χ1v) is 7.40. The minimum Gasteiger partial charge on any atom is -0.743 e. The Balaban J connectivity index is 4.17. The first-order chi connectivity index (χ1) is 9.33. The topological polar surface area (TPSA) is 110 Å². The molecule has 124 valence electrons. The van der Waals surface area contributed by atoms with Crippen LogP contribution >= 0.6 is 0 Å². The van der Waals surface area contributed by atoms with Crippen LogP contribution in [-0.2, 0) is 29.2 Å². The van der Waals surface area contributed by atoms with Gasteiger partial charge in [-0.3, -0.25) is 9.59 Å². The van der Waals surface area contributed by atoms with E-state index in [1.807, 2.05) is 0 Å². The molecule has 0 aliphatic carbocycles. The molecule has 0 saturated carbocycles. The fraction of sp³-hybridized carbons (Fsp3) is 0.818. The molecule has 0 N–H and O–H groups in total. The van der Waals surface area contributed by atoms with E-state index in [4.69, 9.17) is 4.74 Å². The fourth-order valence-corrected chi connectivity index (χ4v) is 1.08. The lowest BCUT2D eigenvalue weighted by atomic mass is 9.91. The number of rotatable bonds is 8. The number of carbonyl (C=O) groups excluding carboxylic acids is 2. The smallest absolute Gasteiger partial charge is 0.367 e. The summed E-state index contributed by atoms with van der Waals surface area (Å²) in [4.78, 5) is 22.6. The van der Waals surface area contributed by atoms with Crippen LogP contribution in [0.4, 0.5) is 8.78 Å². The zero-order valence-corrected chi connectivity index (χ0v) is 12.7. The summed E-state index contributed by atoms with van der Waals surface area (Å²) in [5, 5.41) is -4.69. The third-order valence-corrected chi connectivity index (χ3v) is 3.59. The van der Waals surface area contributed by atoms with Gasteiger partial charge in [0.1, 0.15) is 6.61 Å². The highest BCUT2D eigenvalue weighted by Gasteiger charge is 2.39. The molecule has 0 aromatic heterocycles. The fourth-order valence-electron chi connectivity index (χ4n) is 0.876. The van der Waals surface area contributed by atoms with Gasteiger partial charge in [-0.2, -0.15) is 8.78 Å². The molecule has 0 saturated heterocycles. The van der Waals surface area contributed by atoms with Crippen molar-refractivity contribution in [3.63, 3.8) is 0 Å². The molecule has 10 heteroatoms. The highest BCUT2D eigenvalue weighted by Crippen LogP contribution is 2.22. The first-order valence-electron chi connectivity index (χ1n) is 5.99. The van der Waals surface area contributed by atoms with Crippen LogP contribution in [0, 0.1) is 5.41 Å². The summed E-state index contributed by atoms with van der Waals surface area (Å²) >= 11 is 0. The minimum atomic E-state index is -5.90. The van der Waals surface area contributed by atoms with Crippen LogP contribution in [-0.4, -0.2) is 43.4 Å². The molecule has 0 aromatic rings. The van der Waals surface area contributed by atoms with Crippen molar-refractivity contribution in [2.45, 2.75) is 38.9 Å². The molecule has 0 spiro atoms. The number of alkyl halides is 2. The highest BCUT2D eigenvalue weighted by atomic mass is 32.2. The van der Waals surface area contributed by atoms with Crippen molar-refractivity contribution in [2.75, 3.05) is 13.2 Å². The van der Waals surface area contributed by atoms with Gasteiger partial charge in [-0.15, -0.1) is 0 Å². The van der Waals surface area contributed by atoms with E-state index in [0.29, 0.717) is 6.42 Å². The van der Waals surface area contributed by atoms with Gasteiger partial charge in [-0.1, -0.05) is 6.92 Å². The summed E-state index contributed by atoms with van der Waals surface area (Å²) in [6.07, 6.45) is -0.0234. The molecule has 0 aliphatic heterocycles. The van der Waals surface area contributed by atoms with E-state index in [2.05, 4.69) is 4.74 Å². The summed E-state index contributed by atoms with van der Waals surface area (Å²) in [7, 11) is -5.90. The van der Waals surface area contributed by atoms with E-state index in [0.717, 1.165) is 0 Å². The van der Waals surface area contributed by atoms with Gasteiger partial charge >= 0.3 is 17.2 Å². The van der Waals surface area contributed by atoms with Crippen molar-refractivity contribution >= 4 is 22.1 Å². The van der Waals surface area contributed by atoms with Gasteiger partial charge in [0.2, 0.25) is 0 Å². The number of ether oxygens (including phenoxy) is 2. The second kappa shape index (κ2) is 7.12. The van der Waals surface area contributed by atoms with E-state index in [9.17, 15) is 31.3 Å². The zero-order valence-electron chi connectivity index (χ0n) is 11.9. The summed E-state index contributed by atoms with van der Waals surface area (Å²) in [5.41, 5.74) is -0.742. The monoisotopic (exact) mass is 331 g/mol. The van der Waals surface area contributed by atoms with Crippen LogP contribution < -0.4 is 0 Å². The van der Waals surface area contributed by atoms with Gasteiger partial charge in [-0.05, 0) is 20.3 Å². The molecule has 7 nitrogen and oxygen atoms in total. The Hall–Kier alpha value is -1.29. The number of hydrogen-bond donors (Lipinski definition) is 0. The van der Waals surface area contributed by atoms with Gasteiger partial charge in [0, 0.05) is 0 Å². The van der Waals surface area contributed by atoms with Crippen LogP contribution in [0.25, 0.3) is 0 Å². The first kappa shape index (κ1) is 19.7. The Morgan fingerprint density at radius 2 is 1.71 bits per heavy atom. The van der Waals surface area contributed by atoms with Gasteiger partial charge in [0.15, 0.2) is 16.7 Å². The van der Waals surface area contributed by atoms with Crippen LogP contribution in [0.3, 0.4) is 0 Å². The quantitative estimate of drug-likeness (QED) is 0.482. The van der Waals surface area contributed by atoms with Crippen LogP contribution in [0.15, 0.2) is 0 Å². The van der Waals surface area contributed by atoms with Gasteiger partial charge < -0.3 is 14.0 Å². The third-order valence-electron chi connectivity index (χ3n) is 2.74. The van der Waals surface area contributed by atoms with Crippen molar-refractivity contribution in [1.82, 2.24) is 0 Å². The molecule has 0 bridgehead atoms. The molecule has 0 aromatic carbocycles. The molecule has 0 amide bonds. The lowest BCUT2D eigenvalue weighted by Crippen LogP contribution is -2.35. The Labute approximate surface area is 121 Å². The molecule has 0 radical (unpaired) electrons. The predicted molar refractivity (Wildman–Crippen MR) is 65.3 cm³/mol. The standard InChI is InChI=1S/C11H18F2O7S/c1-4-10(2,3)9(15)19-6-5-8(14)20-7-11(12,13)21(16,17)18/h4-7H2,1-3H3,(H,16,17,18)/p-1. The summed E-state index contributed by atoms with van der Waals surface area (Å²) < 4.78 is 64.5. The number of carbonyl (C=O) groups is 2. The third kappa shape index (κ3) is 6.34. The Morgan fingerprint density at radius 1 is 1.19 bits per heavy atom. The van der Waals surface area contributed by atoms with E-state index in [-0.39, 0.29) is 0 Å². The Kier molecular flexibility index (Phi) is 6.68. The molecule has 0 aliphatic rings. The number of esters is 2. The van der Waals surface area contributed by atoms with Gasteiger partial charge in [0.25, 0.3) is 0 Å². The summed E-state index contributed by atoms with van der Waals surface area (Å²) in [6.45, 7) is 2.77. The van der Waals surface area contributed by atoms with E-state index < -0.39 is 52.4 Å². The largest absolute Gasteiger partial charge is 0.743 e. The van der Waals surface area contributed by atoms with Crippen molar-refractivity contribution in [2.24, 2.45) is 5.41 Å². The maximum Gasteiger partial charge on any atom is 0.367 e. The molecule has 21 heavy (non-hydrogen) atoms. The Bertz CT molecular complexity index is 485. The van der Waals surface area contributed by atoms with E-state index >= 15 is 0 Å². The SMILES string of the molecule is CCC(C)(C)C(=O)OCCC(=O)OCC(F)(F)S(=O)(=O)[O-]. The van der Waals surface area contributed by atoms with Crippen molar-refractivity contribution < 1.29 is 40.8 Å². The lowest BCUT2D eigenvalue weighted by molar-refractivity contribution is -0.158. The maximum absolute atomic E-state index is 12.7. The molecule has 0 rings (SSSR count). The van der Waals surface area contributed by atoms with Crippen LogP contribution in [0.1, 0.15) is 33.6 Å².